The predicted octanol–water partition coefficient (Wildman–Crippen LogP) is 0.0867. The van der Waals surface area contributed by atoms with Crippen molar-refractivity contribution in [2.45, 2.75) is 32.7 Å². The van der Waals surface area contributed by atoms with Crippen LogP contribution in [0.5, 0.6) is 0 Å². The van der Waals surface area contributed by atoms with Crippen LogP contribution in [0.15, 0.2) is 0 Å². The van der Waals surface area contributed by atoms with Crippen LogP contribution in [0.2, 0.25) is 0 Å². The van der Waals surface area contributed by atoms with Gasteiger partial charge in [0.25, 0.3) is 0 Å². The van der Waals surface area contributed by atoms with E-state index in [0.717, 1.165) is 0 Å². The Labute approximate surface area is 74.0 Å². The molecule has 74 valence electrons. The molecule has 0 saturated carbocycles. The van der Waals surface area contributed by atoms with E-state index in [9.17, 15) is 8.42 Å². The molecule has 0 aromatic carbocycles. The van der Waals surface area contributed by atoms with Gasteiger partial charge in [-0.25, -0.2) is 13.1 Å². The Balaban J connectivity index is 4.03. The second-order valence-corrected chi connectivity index (χ2v) is 4.60. The minimum absolute atomic E-state index is 0.128. The highest BCUT2D eigenvalue weighted by Gasteiger charge is 2.13. The second-order valence-electron chi connectivity index (χ2n) is 2.72. The summed E-state index contributed by atoms with van der Waals surface area (Å²) in [4.78, 5) is 0. The molecule has 4 nitrogen and oxygen atoms in total. The van der Waals surface area contributed by atoms with E-state index >= 15 is 0 Å². The van der Waals surface area contributed by atoms with Gasteiger partial charge in [-0.2, -0.15) is 0 Å². The first-order chi connectivity index (χ1) is 5.55. The number of aliphatic hydroxyl groups excluding tert-OH is 1. The van der Waals surface area contributed by atoms with Gasteiger partial charge in [-0.3, -0.25) is 0 Å². The SMILES string of the molecule is CCCS(=O)(=O)NC(CC)CO. The van der Waals surface area contributed by atoms with Gasteiger partial charge < -0.3 is 5.11 Å². The molecule has 0 saturated heterocycles. The summed E-state index contributed by atoms with van der Waals surface area (Å²) in [5, 5.41) is 8.73. The average Bonchev–Trinajstić information content (AvgIpc) is 2.00. The first-order valence-corrected chi connectivity index (χ1v) is 5.81. The molecule has 0 fully saturated rings. The molecule has 5 heteroatoms. The van der Waals surface area contributed by atoms with Gasteiger partial charge in [0.15, 0.2) is 0 Å². The molecule has 2 N–H and O–H groups in total. The summed E-state index contributed by atoms with van der Waals surface area (Å²) in [7, 11) is -3.17. The number of aliphatic hydroxyl groups is 1. The lowest BCUT2D eigenvalue weighted by Crippen LogP contribution is -2.38. The summed E-state index contributed by atoms with van der Waals surface area (Å²) < 4.78 is 24.7. The van der Waals surface area contributed by atoms with Crippen molar-refractivity contribution >= 4 is 10.0 Å². The Bertz CT molecular complexity index is 197. The average molecular weight is 195 g/mol. The first kappa shape index (κ1) is 11.9. The molecule has 0 aromatic rings. The molecule has 0 amide bonds. The van der Waals surface area contributed by atoms with E-state index in [1.54, 1.807) is 6.92 Å². The summed E-state index contributed by atoms with van der Waals surface area (Å²) in [5.41, 5.74) is 0. The Hall–Kier alpha value is -0.130. The van der Waals surface area contributed by atoms with E-state index in [4.69, 9.17) is 5.11 Å². The van der Waals surface area contributed by atoms with Crippen LogP contribution < -0.4 is 4.72 Å². The number of nitrogens with one attached hydrogen (secondary N) is 1. The highest BCUT2D eigenvalue weighted by atomic mass is 32.2. The fourth-order valence-corrected chi connectivity index (χ4v) is 2.24. The van der Waals surface area contributed by atoms with E-state index in [1.165, 1.54) is 0 Å². The summed E-state index contributed by atoms with van der Waals surface area (Å²) in [6.45, 7) is 3.49. The van der Waals surface area contributed by atoms with Crippen molar-refractivity contribution in [3.8, 4) is 0 Å². The molecule has 0 spiro atoms. The van der Waals surface area contributed by atoms with Gasteiger partial charge in [0.2, 0.25) is 10.0 Å². The first-order valence-electron chi connectivity index (χ1n) is 4.16. The zero-order valence-electron chi connectivity index (χ0n) is 7.58. The maximum Gasteiger partial charge on any atom is 0.211 e. The maximum absolute atomic E-state index is 11.1. The third-order valence-corrected chi connectivity index (χ3v) is 3.17. The van der Waals surface area contributed by atoms with Crippen molar-refractivity contribution in [1.82, 2.24) is 4.72 Å². The van der Waals surface area contributed by atoms with Gasteiger partial charge in [0.1, 0.15) is 0 Å². The van der Waals surface area contributed by atoms with Gasteiger partial charge in [-0.15, -0.1) is 0 Å². The van der Waals surface area contributed by atoms with Gasteiger partial charge in [-0.1, -0.05) is 13.8 Å². The van der Waals surface area contributed by atoms with Crippen molar-refractivity contribution in [2.24, 2.45) is 0 Å². The van der Waals surface area contributed by atoms with Crippen LogP contribution in [-0.4, -0.2) is 31.9 Å². The number of hydrogen-bond donors (Lipinski definition) is 2. The summed E-state index contributed by atoms with van der Waals surface area (Å²) in [5.74, 6) is 0.128. The zero-order valence-corrected chi connectivity index (χ0v) is 8.39. The molecule has 0 aliphatic carbocycles. The molecule has 1 unspecified atom stereocenters. The predicted molar refractivity (Wildman–Crippen MR) is 48.4 cm³/mol. The molecule has 12 heavy (non-hydrogen) atoms. The Morgan fingerprint density at radius 3 is 2.33 bits per heavy atom. The van der Waals surface area contributed by atoms with E-state index < -0.39 is 10.0 Å². The molecular formula is C7H17NO3S. The van der Waals surface area contributed by atoms with Crippen LogP contribution in [0.3, 0.4) is 0 Å². The number of sulfonamides is 1. The Kier molecular flexibility index (Phi) is 5.44. The molecular weight excluding hydrogens is 178 g/mol. The zero-order chi connectivity index (χ0) is 9.61. The monoisotopic (exact) mass is 195 g/mol. The van der Waals surface area contributed by atoms with Crippen LogP contribution in [0.25, 0.3) is 0 Å². The molecule has 0 heterocycles. The topological polar surface area (TPSA) is 66.4 Å². The van der Waals surface area contributed by atoms with Crippen LogP contribution in [0.1, 0.15) is 26.7 Å². The molecule has 0 aromatic heterocycles. The lowest BCUT2D eigenvalue weighted by atomic mass is 10.3. The smallest absolute Gasteiger partial charge is 0.211 e. The van der Waals surface area contributed by atoms with Gasteiger partial charge in [0.05, 0.1) is 12.4 Å². The Morgan fingerprint density at radius 1 is 1.42 bits per heavy atom. The van der Waals surface area contributed by atoms with E-state index in [0.29, 0.717) is 12.8 Å². The normalized spacial score (nSPS) is 14.6. The molecule has 0 rings (SSSR count). The lowest BCUT2D eigenvalue weighted by molar-refractivity contribution is 0.254. The highest BCUT2D eigenvalue weighted by molar-refractivity contribution is 7.89. The quantitative estimate of drug-likeness (QED) is 0.631. The van der Waals surface area contributed by atoms with Crippen LogP contribution >= 0.6 is 0 Å². The number of rotatable bonds is 6. The van der Waals surface area contributed by atoms with Crippen molar-refractivity contribution in [2.75, 3.05) is 12.4 Å². The fraction of sp³-hybridized carbons (Fsp3) is 1.00. The van der Waals surface area contributed by atoms with Crippen LogP contribution in [0, 0.1) is 0 Å². The molecule has 0 aliphatic rings. The van der Waals surface area contributed by atoms with Gasteiger partial charge in [-0.05, 0) is 12.8 Å². The lowest BCUT2D eigenvalue weighted by Gasteiger charge is -2.13. The standard InChI is InChI=1S/C7H17NO3S/c1-3-5-12(10,11)8-7(4-2)6-9/h7-9H,3-6H2,1-2H3. The van der Waals surface area contributed by atoms with Crippen molar-refractivity contribution in [3.05, 3.63) is 0 Å². The summed E-state index contributed by atoms with van der Waals surface area (Å²) in [6, 6.07) is -0.332. The second kappa shape index (κ2) is 5.50. The third kappa shape index (κ3) is 4.69. The molecule has 0 aliphatic heterocycles. The van der Waals surface area contributed by atoms with E-state index in [1.807, 2.05) is 6.92 Å². The molecule has 0 bridgehead atoms. The molecule has 0 radical (unpaired) electrons. The van der Waals surface area contributed by atoms with E-state index in [-0.39, 0.29) is 18.4 Å². The fourth-order valence-electron chi connectivity index (χ4n) is 0.831. The summed E-state index contributed by atoms with van der Waals surface area (Å²) in [6.07, 6.45) is 1.21. The number of hydrogen-bond acceptors (Lipinski definition) is 3. The van der Waals surface area contributed by atoms with Gasteiger partial charge >= 0.3 is 0 Å². The largest absolute Gasteiger partial charge is 0.395 e. The van der Waals surface area contributed by atoms with Crippen molar-refractivity contribution in [1.29, 1.82) is 0 Å². The minimum Gasteiger partial charge on any atom is -0.395 e. The maximum atomic E-state index is 11.1. The van der Waals surface area contributed by atoms with Crippen LogP contribution in [0.4, 0.5) is 0 Å². The Morgan fingerprint density at radius 2 is 2.00 bits per heavy atom. The minimum atomic E-state index is -3.17. The highest BCUT2D eigenvalue weighted by Crippen LogP contribution is 1.95. The van der Waals surface area contributed by atoms with Crippen LogP contribution in [-0.2, 0) is 10.0 Å². The van der Waals surface area contributed by atoms with Gasteiger partial charge in [0, 0.05) is 6.04 Å². The van der Waals surface area contributed by atoms with Crippen molar-refractivity contribution < 1.29 is 13.5 Å². The molecule has 1 atom stereocenters. The van der Waals surface area contributed by atoms with E-state index in [2.05, 4.69) is 4.72 Å². The summed E-state index contributed by atoms with van der Waals surface area (Å²) >= 11 is 0. The van der Waals surface area contributed by atoms with Crippen molar-refractivity contribution in [3.63, 3.8) is 0 Å². The third-order valence-electron chi connectivity index (χ3n) is 1.53.